The fraction of sp³-hybridized carbons (Fsp3) is 0.500. The number of nitrogens with zero attached hydrogens (tertiary/aromatic N) is 2. The zero-order chi connectivity index (χ0) is 7.40. The van der Waals surface area contributed by atoms with Gasteiger partial charge in [-0.25, -0.2) is 0 Å². The molecule has 0 aliphatic carbocycles. The molecule has 0 spiro atoms. The molecular weight excluding hydrogens is 157 g/mol. The summed E-state index contributed by atoms with van der Waals surface area (Å²) in [4.78, 5) is 0. The predicted molar refractivity (Wildman–Crippen MR) is 35.4 cm³/mol. The minimum absolute atomic E-state index is 0.0151. The third-order valence-electron chi connectivity index (χ3n) is 0.725. The van der Waals surface area contributed by atoms with Crippen LogP contribution in [0.4, 0.5) is 10.4 Å². The SMILES string of the molecule is Nc1nnc(SCCF)o1. The minimum Gasteiger partial charge on any atom is -0.398 e. The zero-order valence-electron chi connectivity index (χ0n) is 5.08. The van der Waals surface area contributed by atoms with E-state index in [0.29, 0.717) is 11.0 Å². The first-order valence-corrected chi connectivity index (χ1v) is 3.59. The van der Waals surface area contributed by atoms with Crippen molar-refractivity contribution in [3.63, 3.8) is 0 Å². The van der Waals surface area contributed by atoms with Crippen LogP contribution >= 0.6 is 11.8 Å². The number of anilines is 1. The first kappa shape index (κ1) is 7.33. The van der Waals surface area contributed by atoms with Crippen LogP contribution in [-0.4, -0.2) is 22.6 Å². The molecule has 1 aromatic rings. The van der Waals surface area contributed by atoms with Gasteiger partial charge in [-0.1, -0.05) is 22.0 Å². The van der Waals surface area contributed by atoms with E-state index in [1.165, 1.54) is 0 Å². The zero-order valence-corrected chi connectivity index (χ0v) is 5.90. The highest BCUT2D eigenvalue weighted by atomic mass is 32.2. The Hall–Kier alpha value is -0.780. The summed E-state index contributed by atoms with van der Waals surface area (Å²) in [6.07, 6.45) is 0. The number of rotatable bonds is 3. The van der Waals surface area contributed by atoms with Gasteiger partial charge in [-0.05, 0) is 0 Å². The van der Waals surface area contributed by atoms with Crippen LogP contribution in [0, 0.1) is 0 Å². The normalized spacial score (nSPS) is 10.1. The van der Waals surface area contributed by atoms with Gasteiger partial charge in [0, 0.05) is 5.75 Å². The summed E-state index contributed by atoms with van der Waals surface area (Å²) in [6.45, 7) is -0.410. The highest BCUT2D eigenvalue weighted by Gasteiger charge is 2.01. The summed E-state index contributed by atoms with van der Waals surface area (Å²) >= 11 is 1.15. The van der Waals surface area contributed by atoms with E-state index in [9.17, 15) is 4.39 Å². The molecule has 1 heterocycles. The van der Waals surface area contributed by atoms with Gasteiger partial charge in [0.05, 0.1) is 6.67 Å². The second-order valence-electron chi connectivity index (χ2n) is 1.44. The molecule has 0 amide bonds. The molecule has 0 bridgehead atoms. The van der Waals surface area contributed by atoms with Crippen LogP contribution in [-0.2, 0) is 0 Å². The Morgan fingerprint density at radius 3 is 2.90 bits per heavy atom. The highest BCUT2D eigenvalue weighted by molar-refractivity contribution is 7.99. The summed E-state index contributed by atoms with van der Waals surface area (Å²) in [5, 5.41) is 7.21. The molecule has 0 atom stereocenters. The van der Waals surface area contributed by atoms with E-state index in [-0.39, 0.29) is 6.01 Å². The van der Waals surface area contributed by atoms with E-state index >= 15 is 0 Å². The van der Waals surface area contributed by atoms with Gasteiger partial charge in [0.15, 0.2) is 0 Å². The first-order valence-electron chi connectivity index (χ1n) is 2.60. The Balaban J connectivity index is 2.42. The molecule has 2 N–H and O–H groups in total. The van der Waals surface area contributed by atoms with Crippen molar-refractivity contribution in [2.24, 2.45) is 0 Å². The van der Waals surface area contributed by atoms with Crippen molar-refractivity contribution in [3.8, 4) is 0 Å². The van der Waals surface area contributed by atoms with Crippen LogP contribution in [0.3, 0.4) is 0 Å². The van der Waals surface area contributed by atoms with Crippen molar-refractivity contribution >= 4 is 17.8 Å². The molecule has 1 aromatic heterocycles. The number of aromatic nitrogens is 2. The monoisotopic (exact) mass is 163 g/mol. The van der Waals surface area contributed by atoms with Gasteiger partial charge >= 0.3 is 6.01 Å². The number of nitrogens with two attached hydrogens (primary N) is 1. The van der Waals surface area contributed by atoms with E-state index in [0.717, 1.165) is 11.8 Å². The maximum Gasteiger partial charge on any atom is 0.313 e. The summed E-state index contributed by atoms with van der Waals surface area (Å²) in [5.41, 5.74) is 5.10. The molecule has 56 valence electrons. The maximum absolute atomic E-state index is 11.5. The van der Waals surface area contributed by atoms with Gasteiger partial charge in [0.25, 0.3) is 5.22 Å². The molecule has 0 saturated heterocycles. The molecule has 0 aliphatic heterocycles. The molecule has 0 fully saturated rings. The van der Waals surface area contributed by atoms with Crippen molar-refractivity contribution < 1.29 is 8.81 Å². The quantitative estimate of drug-likeness (QED) is 0.665. The average Bonchev–Trinajstić information content (AvgIpc) is 2.31. The van der Waals surface area contributed by atoms with Crippen LogP contribution in [0.5, 0.6) is 0 Å². The molecule has 6 heteroatoms. The minimum atomic E-state index is -0.410. The number of thioether (sulfide) groups is 1. The second-order valence-corrected chi connectivity index (χ2v) is 2.49. The van der Waals surface area contributed by atoms with Crippen molar-refractivity contribution in [1.29, 1.82) is 0 Å². The van der Waals surface area contributed by atoms with Gasteiger partial charge in [-0.3, -0.25) is 4.39 Å². The number of hydrogen-bond acceptors (Lipinski definition) is 5. The van der Waals surface area contributed by atoms with Crippen LogP contribution in [0.15, 0.2) is 9.64 Å². The summed E-state index contributed by atoms with van der Waals surface area (Å²) in [7, 11) is 0. The molecule has 0 aliphatic rings. The molecule has 0 radical (unpaired) electrons. The Labute approximate surface area is 61.0 Å². The largest absolute Gasteiger partial charge is 0.398 e. The third-order valence-corrected chi connectivity index (χ3v) is 1.50. The van der Waals surface area contributed by atoms with E-state index in [4.69, 9.17) is 10.2 Å². The smallest absolute Gasteiger partial charge is 0.313 e. The maximum atomic E-state index is 11.5. The Morgan fingerprint density at radius 2 is 2.40 bits per heavy atom. The number of nitrogen functional groups attached to an aromatic ring is 1. The van der Waals surface area contributed by atoms with E-state index in [2.05, 4.69) is 10.2 Å². The van der Waals surface area contributed by atoms with Crippen LogP contribution in [0.1, 0.15) is 0 Å². The van der Waals surface area contributed by atoms with Crippen LogP contribution in [0.25, 0.3) is 0 Å². The molecule has 4 nitrogen and oxygen atoms in total. The Bertz CT molecular complexity index is 204. The lowest BCUT2D eigenvalue weighted by Gasteiger charge is -1.85. The molecule has 0 saturated carbocycles. The molecule has 0 unspecified atom stereocenters. The fourth-order valence-corrected chi connectivity index (χ4v) is 0.899. The fourth-order valence-electron chi connectivity index (χ4n) is 0.405. The standard InChI is InChI=1S/C4H6FN3OS/c5-1-2-10-4-8-7-3(6)9-4/h1-2H2,(H2,6,7). The number of alkyl halides is 1. The third kappa shape index (κ3) is 1.87. The van der Waals surface area contributed by atoms with Gasteiger partial charge in [0.2, 0.25) is 0 Å². The van der Waals surface area contributed by atoms with Gasteiger partial charge in [-0.2, -0.15) is 0 Å². The van der Waals surface area contributed by atoms with E-state index in [1.54, 1.807) is 0 Å². The number of hydrogen-bond donors (Lipinski definition) is 1. The topological polar surface area (TPSA) is 64.9 Å². The van der Waals surface area contributed by atoms with E-state index < -0.39 is 6.67 Å². The summed E-state index contributed by atoms with van der Waals surface area (Å²) < 4.78 is 16.3. The number of halogens is 1. The molecule has 10 heavy (non-hydrogen) atoms. The van der Waals surface area contributed by atoms with Crippen molar-refractivity contribution in [3.05, 3.63) is 0 Å². The highest BCUT2D eigenvalue weighted by Crippen LogP contribution is 2.15. The van der Waals surface area contributed by atoms with Crippen LogP contribution < -0.4 is 5.73 Å². The van der Waals surface area contributed by atoms with Crippen molar-refractivity contribution in [2.75, 3.05) is 18.2 Å². The molecule has 1 rings (SSSR count). The van der Waals surface area contributed by atoms with Gasteiger partial charge < -0.3 is 10.2 Å². The average molecular weight is 163 g/mol. The first-order chi connectivity index (χ1) is 4.83. The van der Waals surface area contributed by atoms with E-state index in [1.807, 2.05) is 0 Å². The van der Waals surface area contributed by atoms with Gasteiger partial charge in [0.1, 0.15) is 0 Å². The molecular formula is C4H6FN3OS. The lowest BCUT2D eigenvalue weighted by atomic mass is 10.9. The second kappa shape index (κ2) is 3.40. The predicted octanol–water partition coefficient (Wildman–Crippen LogP) is 0.713. The Kier molecular flexibility index (Phi) is 2.49. The van der Waals surface area contributed by atoms with Crippen molar-refractivity contribution in [2.45, 2.75) is 5.22 Å². The van der Waals surface area contributed by atoms with Gasteiger partial charge in [-0.15, -0.1) is 0 Å². The summed E-state index contributed by atoms with van der Waals surface area (Å²) in [6, 6.07) is 0.0151. The Morgan fingerprint density at radius 1 is 1.60 bits per heavy atom. The summed E-state index contributed by atoms with van der Waals surface area (Å²) in [5.74, 6) is 0.321. The van der Waals surface area contributed by atoms with Crippen LogP contribution in [0.2, 0.25) is 0 Å². The van der Waals surface area contributed by atoms with Crippen molar-refractivity contribution in [1.82, 2.24) is 10.2 Å². The lowest BCUT2D eigenvalue weighted by Crippen LogP contribution is -1.81. The molecule has 0 aromatic carbocycles. The lowest BCUT2D eigenvalue weighted by molar-refractivity contribution is 0.468.